The van der Waals surface area contributed by atoms with E-state index in [2.05, 4.69) is 50.2 Å². The number of hydrogen-bond acceptors (Lipinski definition) is 6. The van der Waals surface area contributed by atoms with Gasteiger partial charge in [0.15, 0.2) is 5.17 Å². The third kappa shape index (κ3) is 6.90. The van der Waals surface area contributed by atoms with Crippen molar-refractivity contribution in [2.45, 2.75) is 13.5 Å². The van der Waals surface area contributed by atoms with E-state index >= 15 is 0 Å². The molecule has 10 heteroatoms. The number of thioether (sulfide) groups is 1. The number of rotatable bonds is 7. The van der Waals surface area contributed by atoms with Crippen LogP contribution in [0, 0.1) is 13.0 Å². The first kappa shape index (κ1) is 27.6. The van der Waals surface area contributed by atoms with Crippen molar-refractivity contribution < 1.29 is 23.5 Å². The molecule has 1 saturated heterocycles. The summed E-state index contributed by atoms with van der Waals surface area (Å²) in [5.41, 5.74) is 2.82. The maximum atomic E-state index is 13.1. The summed E-state index contributed by atoms with van der Waals surface area (Å²) in [6.07, 6.45) is 1.84. The highest BCUT2D eigenvalue weighted by Gasteiger charge is 2.30. The Bertz CT molecular complexity index is 1370. The lowest BCUT2D eigenvalue weighted by Crippen LogP contribution is -2.23. The van der Waals surface area contributed by atoms with Crippen molar-refractivity contribution in [1.82, 2.24) is 4.90 Å². The Kier molecular flexibility index (Phi) is 9.24. The molecule has 1 amide bonds. The van der Waals surface area contributed by atoms with Gasteiger partial charge in [-0.15, -0.1) is 0 Å². The van der Waals surface area contributed by atoms with Gasteiger partial charge in [-0.2, -0.15) is 0 Å². The van der Waals surface area contributed by atoms with E-state index in [4.69, 9.17) is 9.47 Å². The van der Waals surface area contributed by atoms with E-state index in [-0.39, 0.29) is 17.7 Å². The van der Waals surface area contributed by atoms with Gasteiger partial charge < -0.3 is 9.47 Å². The Balaban J connectivity index is 1.49. The minimum absolute atomic E-state index is 0.145. The van der Waals surface area contributed by atoms with Gasteiger partial charge in [-0.05, 0) is 130 Å². The summed E-state index contributed by atoms with van der Waals surface area (Å²) < 4.78 is 25.9. The van der Waals surface area contributed by atoms with Gasteiger partial charge in [0, 0.05) is 7.05 Å². The molecule has 0 aliphatic carbocycles. The lowest BCUT2D eigenvalue weighted by molar-refractivity contribution is -0.121. The molecule has 6 nitrogen and oxygen atoms in total. The Morgan fingerprint density at radius 3 is 2.35 bits per heavy atom. The molecular formula is C27H21FI2N2O4S. The van der Waals surface area contributed by atoms with Crippen LogP contribution in [0.5, 0.6) is 5.75 Å². The van der Waals surface area contributed by atoms with E-state index in [1.165, 1.54) is 28.8 Å². The van der Waals surface area contributed by atoms with Gasteiger partial charge in [0.25, 0.3) is 5.91 Å². The Labute approximate surface area is 245 Å². The van der Waals surface area contributed by atoms with E-state index in [1.807, 2.05) is 18.2 Å². The minimum Gasteiger partial charge on any atom is -0.487 e. The van der Waals surface area contributed by atoms with Crippen LogP contribution < -0.4 is 4.74 Å². The standard InChI is InChI=1S/C27H21FI2N2O4S/c1-3-35-26(34)18-6-10-20(11-7-18)31-27-32(2)25(33)23(37-27)14-17-12-21(29)24(22(30)13-17)36-15-16-4-8-19(28)9-5-16/h4-14H,3,15H2,1-2H3. The monoisotopic (exact) mass is 742 g/mol. The zero-order valence-corrected chi connectivity index (χ0v) is 25.0. The number of nitrogens with zero attached hydrogens (tertiary/aromatic N) is 2. The number of halogens is 3. The first-order valence-electron chi connectivity index (χ1n) is 11.1. The van der Waals surface area contributed by atoms with Crippen molar-refractivity contribution in [3.8, 4) is 5.75 Å². The molecule has 1 aliphatic rings. The van der Waals surface area contributed by atoms with E-state index in [1.54, 1.807) is 50.4 Å². The number of amidine groups is 1. The number of likely N-dealkylation sites (N-methyl/N-ethyl adjacent to an activating group) is 1. The molecule has 3 aromatic rings. The molecule has 0 saturated carbocycles. The second-order valence-electron chi connectivity index (χ2n) is 7.87. The summed E-state index contributed by atoms with van der Waals surface area (Å²) in [7, 11) is 1.68. The zero-order chi connectivity index (χ0) is 26.5. The van der Waals surface area contributed by atoms with Gasteiger partial charge in [-0.3, -0.25) is 9.69 Å². The second kappa shape index (κ2) is 12.4. The molecule has 1 heterocycles. The molecule has 4 rings (SSSR count). The van der Waals surface area contributed by atoms with E-state index < -0.39 is 0 Å². The lowest BCUT2D eigenvalue weighted by atomic mass is 10.2. The normalized spacial score (nSPS) is 15.5. The maximum absolute atomic E-state index is 13.1. The third-order valence-electron chi connectivity index (χ3n) is 5.22. The zero-order valence-electron chi connectivity index (χ0n) is 19.8. The van der Waals surface area contributed by atoms with Crippen molar-refractivity contribution in [3.05, 3.63) is 95.2 Å². The largest absolute Gasteiger partial charge is 0.487 e. The molecular weight excluding hydrogens is 721 g/mol. The van der Waals surface area contributed by atoms with E-state index in [0.717, 1.165) is 24.0 Å². The topological polar surface area (TPSA) is 68.2 Å². The number of aliphatic imine (C=N–C) groups is 1. The van der Waals surface area contributed by atoms with Crippen molar-refractivity contribution in [2.75, 3.05) is 13.7 Å². The molecule has 0 unspecified atom stereocenters. The Morgan fingerprint density at radius 2 is 1.73 bits per heavy atom. The molecule has 190 valence electrons. The fourth-order valence-electron chi connectivity index (χ4n) is 3.34. The van der Waals surface area contributed by atoms with Crippen LogP contribution in [0.4, 0.5) is 10.1 Å². The van der Waals surface area contributed by atoms with Crippen LogP contribution >= 0.6 is 56.9 Å². The predicted octanol–water partition coefficient (Wildman–Crippen LogP) is 7.02. The van der Waals surface area contributed by atoms with Crippen LogP contribution in [0.1, 0.15) is 28.4 Å². The molecule has 0 aromatic heterocycles. The van der Waals surface area contributed by atoms with Crippen LogP contribution in [0.25, 0.3) is 6.08 Å². The molecule has 3 aromatic carbocycles. The smallest absolute Gasteiger partial charge is 0.338 e. The number of carbonyl (C=O) groups is 2. The number of ether oxygens (including phenoxy) is 2. The summed E-state index contributed by atoms with van der Waals surface area (Å²) >= 11 is 5.71. The van der Waals surface area contributed by atoms with Crippen molar-refractivity contribution in [1.29, 1.82) is 0 Å². The number of carbonyl (C=O) groups excluding carboxylic acids is 2. The number of esters is 1. The van der Waals surface area contributed by atoms with Gasteiger partial charge in [-0.25, -0.2) is 14.2 Å². The fourth-order valence-corrected chi connectivity index (χ4v) is 6.45. The van der Waals surface area contributed by atoms with Crippen molar-refractivity contribution in [2.24, 2.45) is 4.99 Å². The van der Waals surface area contributed by atoms with Gasteiger partial charge >= 0.3 is 5.97 Å². The van der Waals surface area contributed by atoms with E-state index in [0.29, 0.717) is 34.5 Å². The quantitative estimate of drug-likeness (QED) is 0.148. The number of amides is 1. The van der Waals surface area contributed by atoms with Crippen LogP contribution in [0.2, 0.25) is 0 Å². The van der Waals surface area contributed by atoms with Crippen LogP contribution in [0.15, 0.2) is 70.6 Å². The molecule has 0 N–H and O–H groups in total. The van der Waals surface area contributed by atoms with Crippen LogP contribution in [0.3, 0.4) is 0 Å². The third-order valence-corrected chi connectivity index (χ3v) is 7.88. The first-order valence-corrected chi connectivity index (χ1v) is 14.1. The summed E-state index contributed by atoms with van der Waals surface area (Å²) in [6.45, 7) is 2.39. The summed E-state index contributed by atoms with van der Waals surface area (Å²) in [4.78, 5) is 31.4. The van der Waals surface area contributed by atoms with Crippen molar-refractivity contribution >= 4 is 85.8 Å². The molecule has 0 bridgehead atoms. The highest BCUT2D eigenvalue weighted by atomic mass is 127. The Hall–Kier alpha value is -2.45. The molecule has 0 radical (unpaired) electrons. The number of hydrogen-bond donors (Lipinski definition) is 0. The Morgan fingerprint density at radius 1 is 1.08 bits per heavy atom. The van der Waals surface area contributed by atoms with Gasteiger partial charge in [0.1, 0.15) is 18.2 Å². The second-order valence-corrected chi connectivity index (χ2v) is 11.2. The van der Waals surface area contributed by atoms with Crippen LogP contribution in [-0.4, -0.2) is 35.6 Å². The summed E-state index contributed by atoms with van der Waals surface area (Å²) in [5, 5.41) is 0.545. The average Bonchev–Trinajstić information content (AvgIpc) is 3.12. The fraction of sp³-hybridized carbons (Fsp3) is 0.148. The highest BCUT2D eigenvalue weighted by molar-refractivity contribution is 14.1. The molecule has 0 spiro atoms. The van der Waals surface area contributed by atoms with Gasteiger partial charge in [0.05, 0.1) is 29.9 Å². The first-order chi connectivity index (χ1) is 17.7. The predicted molar refractivity (Wildman–Crippen MR) is 160 cm³/mol. The minimum atomic E-state index is -0.384. The lowest BCUT2D eigenvalue weighted by Gasteiger charge is -2.12. The SMILES string of the molecule is CCOC(=O)c1ccc(N=C2SC(=Cc3cc(I)c(OCc4ccc(F)cc4)c(I)c3)C(=O)N2C)cc1. The number of benzene rings is 3. The summed E-state index contributed by atoms with van der Waals surface area (Å²) in [6, 6.07) is 16.9. The molecule has 1 aliphatic heterocycles. The van der Waals surface area contributed by atoms with E-state index in [9.17, 15) is 14.0 Å². The summed E-state index contributed by atoms with van der Waals surface area (Å²) in [5.74, 6) is -0.0711. The van der Waals surface area contributed by atoms with Crippen molar-refractivity contribution in [3.63, 3.8) is 0 Å². The average molecular weight is 742 g/mol. The molecule has 1 fully saturated rings. The highest BCUT2D eigenvalue weighted by Crippen LogP contribution is 2.35. The van der Waals surface area contributed by atoms with Gasteiger partial charge in [-0.1, -0.05) is 12.1 Å². The van der Waals surface area contributed by atoms with Gasteiger partial charge in [0.2, 0.25) is 0 Å². The molecule has 37 heavy (non-hydrogen) atoms. The molecule has 0 atom stereocenters. The van der Waals surface area contributed by atoms with Crippen LogP contribution in [-0.2, 0) is 16.1 Å². The maximum Gasteiger partial charge on any atom is 0.338 e.